The van der Waals surface area contributed by atoms with Crippen molar-refractivity contribution in [3.05, 3.63) is 38.5 Å². The monoisotopic (exact) mass is 392 g/mol. The van der Waals surface area contributed by atoms with Crippen molar-refractivity contribution in [3.8, 4) is 0 Å². The van der Waals surface area contributed by atoms with Crippen LogP contribution in [0.2, 0.25) is 0 Å². The maximum absolute atomic E-state index is 12.2. The third-order valence-electron chi connectivity index (χ3n) is 2.44. The number of rotatable bonds is 4. The summed E-state index contributed by atoms with van der Waals surface area (Å²) in [7, 11) is -3.97. The third kappa shape index (κ3) is 3.31. The topological polar surface area (TPSA) is 128 Å². The van der Waals surface area contributed by atoms with Gasteiger partial charge in [-0.3, -0.25) is 14.8 Å². The predicted octanol–water partition coefficient (Wildman–Crippen LogP) is 2.51. The minimum Gasteiger partial charge on any atom is -0.385 e. The molecule has 0 aliphatic carbocycles. The zero-order chi connectivity index (χ0) is 15.8. The third-order valence-corrected chi connectivity index (χ3v) is 6.06. The summed E-state index contributed by atoms with van der Waals surface area (Å²) in [4.78, 5) is 14.0. The summed E-state index contributed by atoms with van der Waals surface area (Å²) < 4.78 is 27.1. The van der Waals surface area contributed by atoms with Gasteiger partial charge in [-0.25, -0.2) is 13.4 Å². The van der Waals surface area contributed by atoms with Gasteiger partial charge in [0, 0.05) is 10.5 Å². The number of nitro groups is 1. The van der Waals surface area contributed by atoms with Crippen LogP contribution in [-0.2, 0) is 10.0 Å². The smallest absolute Gasteiger partial charge is 0.304 e. The van der Waals surface area contributed by atoms with Gasteiger partial charge >= 0.3 is 5.69 Å². The Hall–Kier alpha value is -1.72. The summed E-state index contributed by atoms with van der Waals surface area (Å²) in [5.74, 6) is 0.116. The van der Waals surface area contributed by atoms with Crippen molar-refractivity contribution in [2.45, 2.75) is 11.1 Å². The molecule has 0 atom stereocenters. The first-order valence-corrected chi connectivity index (χ1v) is 8.49. The lowest BCUT2D eigenvalue weighted by atomic mass is 10.4. The summed E-state index contributed by atoms with van der Waals surface area (Å²) in [6, 6.07) is 4.04. The number of anilines is 2. The van der Waals surface area contributed by atoms with Gasteiger partial charge < -0.3 is 5.73 Å². The Kier molecular flexibility index (Phi) is 4.16. The number of aryl methyl sites for hydroxylation is 1. The molecule has 0 aliphatic rings. The SMILES string of the molecule is Cc1nc(NS(=O)(=O)c2cc([N+](=O)[O-])c(N)s2)ccc1Br. The molecule has 0 saturated heterocycles. The number of nitrogens with zero attached hydrogens (tertiary/aromatic N) is 2. The first-order valence-electron chi connectivity index (χ1n) is 5.40. The number of hydrogen-bond donors (Lipinski definition) is 2. The summed E-state index contributed by atoms with van der Waals surface area (Å²) >= 11 is 3.88. The summed E-state index contributed by atoms with van der Waals surface area (Å²) in [6.07, 6.45) is 0. The highest BCUT2D eigenvalue weighted by molar-refractivity contribution is 9.10. The summed E-state index contributed by atoms with van der Waals surface area (Å²) in [5.41, 5.74) is 5.61. The molecule has 11 heteroatoms. The molecule has 0 bridgehead atoms. The minimum atomic E-state index is -3.97. The maximum Gasteiger partial charge on any atom is 0.304 e. The fourth-order valence-corrected chi connectivity index (χ4v) is 3.87. The number of hydrogen-bond acceptors (Lipinski definition) is 7. The van der Waals surface area contributed by atoms with Crippen LogP contribution in [0.3, 0.4) is 0 Å². The van der Waals surface area contributed by atoms with Crippen LogP contribution in [0.1, 0.15) is 5.69 Å². The Morgan fingerprint density at radius 2 is 2.14 bits per heavy atom. The van der Waals surface area contributed by atoms with Gasteiger partial charge in [0.25, 0.3) is 10.0 Å². The zero-order valence-corrected chi connectivity index (χ0v) is 13.8. The number of nitrogens with two attached hydrogens (primary N) is 1. The van der Waals surface area contributed by atoms with Gasteiger partial charge in [0.15, 0.2) is 5.00 Å². The molecule has 2 rings (SSSR count). The Morgan fingerprint density at radius 1 is 1.48 bits per heavy atom. The Balaban J connectivity index is 2.36. The molecule has 2 aromatic rings. The molecule has 0 saturated carbocycles. The molecule has 0 radical (unpaired) electrons. The molecule has 0 amide bonds. The van der Waals surface area contributed by atoms with Crippen molar-refractivity contribution in [2.75, 3.05) is 10.5 Å². The van der Waals surface area contributed by atoms with Gasteiger partial charge in [0.2, 0.25) is 0 Å². The summed E-state index contributed by atoms with van der Waals surface area (Å²) in [6.45, 7) is 1.70. The second-order valence-corrected chi connectivity index (χ2v) is 7.79. The highest BCUT2D eigenvalue weighted by Crippen LogP contribution is 2.35. The van der Waals surface area contributed by atoms with Crippen molar-refractivity contribution in [3.63, 3.8) is 0 Å². The molecule has 0 aliphatic heterocycles. The average Bonchev–Trinajstić information content (AvgIpc) is 2.77. The average molecular weight is 393 g/mol. The van der Waals surface area contributed by atoms with E-state index >= 15 is 0 Å². The number of nitrogen functional groups attached to an aromatic ring is 1. The molecule has 21 heavy (non-hydrogen) atoms. The summed E-state index contributed by atoms with van der Waals surface area (Å²) in [5, 5.41) is 10.5. The van der Waals surface area contributed by atoms with E-state index in [1.165, 1.54) is 6.07 Å². The fraction of sp³-hybridized carbons (Fsp3) is 0.100. The normalized spacial score (nSPS) is 11.3. The number of sulfonamides is 1. The first kappa shape index (κ1) is 15.7. The van der Waals surface area contributed by atoms with Crippen LogP contribution in [-0.4, -0.2) is 18.3 Å². The van der Waals surface area contributed by atoms with E-state index in [-0.39, 0.29) is 15.0 Å². The fourth-order valence-electron chi connectivity index (χ4n) is 1.44. The van der Waals surface area contributed by atoms with Crippen molar-refractivity contribution < 1.29 is 13.3 Å². The molecule has 0 aromatic carbocycles. The van der Waals surface area contributed by atoms with E-state index in [4.69, 9.17) is 5.73 Å². The molecule has 2 heterocycles. The van der Waals surface area contributed by atoms with Gasteiger partial charge in [-0.15, -0.1) is 0 Å². The molecular formula is C10H9BrN4O4S2. The van der Waals surface area contributed by atoms with Crippen molar-refractivity contribution in [1.29, 1.82) is 0 Å². The van der Waals surface area contributed by atoms with E-state index in [0.29, 0.717) is 17.0 Å². The van der Waals surface area contributed by atoms with Crippen LogP contribution in [0.5, 0.6) is 0 Å². The van der Waals surface area contributed by atoms with Crippen LogP contribution in [0, 0.1) is 17.0 Å². The van der Waals surface area contributed by atoms with Gasteiger partial charge in [0.05, 0.1) is 10.6 Å². The number of aromatic nitrogens is 1. The van der Waals surface area contributed by atoms with E-state index in [1.807, 2.05) is 0 Å². The number of thiophene rings is 1. The van der Waals surface area contributed by atoms with E-state index in [1.54, 1.807) is 13.0 Å². The lowest BCUT2D eigenvalue weighted by Gasteiger charge is -2.06. The molecule has 0 spiro atoms. The molecule has 3 N–H and O–H groups in total. The van der Waals surface area contributed by atoms with E-state index in [2.05, 4.69) is 25.6 Å². The van der Waals surface area contributed by atoms with Crippen LogP contribution < -0.4 is 10.5 Å². The molecule has 0 fully saturated rings. The molecule has 112 valence electrons. The minimum absolute atomic E-state index is 0.116. The Labute approximate surface area is 132 Å². The first-order chi connectivity index (χ1) is 9.70. The Bertz CT molecular complexity index is 818. The van der Waals surface area contributed by atoms with E-state index in [0.717, 1.165) is 10.5 Å². The van der Waals surface area contributed by atoms with Crippen LogP contribution in [0.25, 0.3) is 0 Å². The second-order valence-electron chi connectivity index (χ2n) is 3.94. The number of halogens is 1. The van der Waals surface area contributed by atoms with Crippen molar-refractivity contribution in [1.82, 2.24) is 4.98 Å². The van der Waals surface area contributed by atoms with Gasteiger partial charge in [-0.2, -0.15) is 0 Å². The van der Waals surface area contributed by atoms with Gasteiger partial charge in [-0.1, -0.05) is 11.3 Å². The zero-order valence-electron chi connectivity index (χ0n) is 10.5. The molecule has 8 nitrogen and oxygen atoms in total. The van der Waals surface area contributed by atoms with Crippen molar-refractivity contribution >= 4 is 53.8 Å². The highest BCUT2D eigenvalue weighted by atomic mass is 79.9. The quantitative estimate of drug-likeness (QED) is 0.607. The lowest BCUT2D eigenvalue weighted by molar-refractivity contribution is -0.383. The number of pyridine rings is 1. The number of nitrogens with one attached hydrogen (secondary N) is 1. The predicted molar refractivity (Wildman–Crippen MR) is 82.9 cm³/mol. The highest BCUT2D eigenvalue weighted by Gasteiger charge is 2.25. The Morgan fingerprint density at radius 3 is 2.67 bits per heavy atom. The van der Waals surface area contributed by atoms with Gasteiger partial charge in [-0.05, 0) is 35.0 Å². The van der Waals surface area contributed by atoms with E-state index in [9.17, 15) is 18.5 Å². The van der Waals surface area contributed by atoms with Gasteiger partial charge in [0.1, 0.15) is 10.0 Å². The molecule has 2 aromatic heterocycles. The van der Waals surface area contributed by atoms with Crippen LogP contribution >= 0.6 is 27.3 Å². The second kappa shape index (κ2) is 5.58. The molecule has 0 unspecified atom stereocenters. The van der Waals surface area contributed by atoms with Crippen molar-refractivity contribution in [2.24, 2.45) is 0 Å². The van der Waals surface area contributed by atoms with Crippen LogP contribution in [0.15, 0.2) is 26.9 Å². The van der Waals surface area contributed by atoms with Crippen LogP contribution in [0.4, 0.5) is 16.5 Å². The lowest BCUT2D eigenvalue weighted by Crippen LogP contribution is -2.12. The van der Waals surface area contributed by atoms with E-state index < -0.39 is 20.6 Å². The largest absolute Gasteiger partial charge is 0.385 e. The molecular weight excluding hydrogens is 384 g/mol. The standard InChI is InChI=1S/C10H9BrN4O4S2/c1-5-6(11)2-3-8(13-5)14-21(18,19)9-4-7(15(16)17)10(12)20-9/h2-4H,12H2,1H3,(H,13,14). The maximum atomic E-state index is 12.2.